The number of nitrogens with one attached hydrogen (secondary N) is 1. The monoisotopic (exact) mass is 530 g/mol. The molecule has 1 aliphatic carbocycles. The zero-order chi connectivity index (χ0) is 28.0. The Bertz CT molecular complexity index is 1950. The fourth-order valence-electron chi connectivity index (χ4n) is 6.80. The van der Waals surface area contributed by atoms with E-state index in [0.717, 1.165) is 13.1 Å². The van der Waals surface area contributed by atoms with Crippen molar-refractivity contribution < 1.29 is 0 Å². The molecule has 7 rings (SSSR count). The van der Waals surface area contributed by atoms with E-state index in [-0.39, 0.29) is 5.41 Å². The maximum Gasteiger partial charge on any atom is 0.0220 e. The standard InChI is InChI=1S/C39H34N2/c1-39(2)36-16-9-8-14-31(36)33-24-28(18-20-37(33)39)38-32-15-7-6-13-29(32)35(25-41-22-10-21-40)30-19-17-27(23-34(30)38)26-11-4-3-5-12-26/h3-21,23-24,41H,22,25,40H2,1-2H3/b21-10-. The van der Waals surface area contributed by atoms with Gasteiger partial charge in [0.05, 0.1) is 0 Å². The molecule has 0 atom stereocenters. The predicted molar refractivity (Wildman–Crippen MR) is 175 cm³/mol. The zero-order valence-corrected chi connectivity index (χ0v) is 23.6. The molecule has 0 unspecified atom stereocenters. The molecule has 0 saturated heterocycles. The normalized spacial score (nSPS) is 13.6. The van der Waals surface area contributed by atoms with E-state index in [0.29, 0.717) is 0 Å². The average molecular weight is 531 g/mol. The van der Waals surface area contributed by atoms with Gasteiger partial charge in [0.2, 0.25) is 0 Å². The van der Waals surface area contributed by atoms with Crippen LogP contribution in [0.15, 0.2) is 128 Å². The van der Waals surface area contributed by atoms with Gasteiger partial charge in [0, 0.05) is 18.5 Å². The number of benzene rings is 6. The summed E-state index contributed by atoms with van der Waals surface area (Å²) < 4.78 is 0. The summed E-state index contributed by atoms with van der Waals surface area (Å²) in [5.74, 6) is 0. The van der Waals surface area contributed by atoms with E-state index in [2.05, 4.69) is 134 Å². The van der Waals surface area contributed by atoms with Crippen LogP contribution in [0.2, 0.25) is 0 Å². The fraction of sp³-hybridized carbons (Fsp3) is 0.128. The molecule has 0 heterocycles. The largest absolute Gasteiger partial charge is 0.405 e. The third-order valence-electron chi connectivity index (χ3n) is 8.81. The number of hydrogen-bond donors (Lipinski definition) is 2. The van der Waals surface area contributed by atoms with E-state index in [9.17, 15) is 0 Å². The van der Waals surface area contributed by atoms with Crippen LogP contribution in [-0.4, -0.2) is 6.54 Å². The second-order valence-electron chi connectivity index (χ2n) is 11.5. The Morgan fingerprint density at radius 2 is 1.29 bits per heavy atom. The number of fused-ring (bicyclic) bond motifs is 5. The van der Waals surface area contributed by atoms with Crippen LogP contribution < -0.4 is 11.1 Å². The van der Waals surface area contributed by atoms with Crippen molar-refractivity contribution in [3.8, 4) is 33.4 Å². The Labute approximate surface area is 242 Å². The van der Waals surface area contributed by atoms with Crippen molar-refractivity contribution in [2.24, 2.45) is 5.73 Å². The molecule has 0 aromatic heterocycles. The van der Waals surface area contributed by atoms with Gasteiger partial charge in [-0.1, -0.05) is 123 Å². The Kier molecular flexibility index (Phi) is 6.22. The molecule has 0 bridgehead atoms. The summed E-state index contributed by atoms with van der Waals surface area (Å²) in [5, 5.41) is 8.70. The minimum Gasteiger partial charge on any atom is -0.405 e. The Hall–Kier alpha value is -4.66. The van der Waals surface area contributed by atoms with Crippen LogP contribution in [0.5, 0.6) is 0 Å². The number of hydrogen-bond acceptors (Lipinski definition) is 2. The van der Waals surface area contributed by atoms with Crippen LogP contribution in [0.4, 0.5) is 0 Å². The van der Waals surface area contributed by atoms with E-state index in [1.54, 1.807) is 6.20 Å². The molecule has 3 N–H and O–H groups in total. The van der Waals surface area contributed by atoms with Crippen LogP contribution in [0.25, 0.3) is 54.9 Å². The first-order valence-corrected chi connectivity index (χ1v) is 14.4. The van der Waals surface area contributed by atoms with Gasteiger partial charge in [0.1, 0.15) is 0 Å². The van der Waals surface area contributed by atoms with Crippen LogP contribution in [0.1, 0.15) is 30.5 Å². The summed E-state index contributed by atoms with van der Waals surface area (Å²) in [4.78, 5) is 0. The van der Waals surface area contributed by atoms with Gasteiger partial charge in [-0.25, -0.2) is 0 Å². The van der Waals surface area contributed by atoms with E-state index >= 15 is 0 Å². The van der Waals surface area contributed by atoms with E-state index < -0.39 is 0 Å². The van der Waals surface area contributed by atoms with Gasteiger partial charge < -0.3 is 11.1 Å². The summed E-state index contributed by atoms with van der Waals surface area (Å²) in [6.45, 7) is 6.18. The quantitative estimate of drug-likeness (QED) is 0.166. The molecule has 0 amide bonds. The molecular formula is C39H34N2. The number of rotatable bonds is 6. The number of nitrogens with two attached hydrogens (primary N) is 1. The van der Waals surface area contributed by atoms with Gasteiger partial charge in [-0.2, -0.15) is 0 Å². The zero-order valence-electron chi connectivity index (χ0n) is 23.6. The summed E-state index contributed by atoms with van der Waals surface area (Å²) in [7, 11) is 0. The average Bonchev–Trinajstić information content (AvgIpc) is 3.25. The van der Waals surface area contributed by atoms with Gasteiger partial charge in [-0.05, 0) is 89.9 Å². The van der Waals surface area contributed by atoms with Crippen molar-refractivity contribution in [3.05, 3.63) is 144 Å². The van der Waals surface area contributed by atoms with Crippen LogP contribution in [0.3, 0.4) is 0 Å². The molecule has 2 heteroatoms. The lowest BCUT2D eigenvalue weighted by molar-refractivity contribution is 0.660. The minimum absolute atomic E-state index is 0.0113. The first-order valence-electron chi connectivity index (χ1n) is 14.4. The van der Waals surface area contributed by atoms with Gasteiger partial charge in [0.25, 0.3) is 0 Å². The highest BCUT2D eigenvalue weighted by Gasteiger charge is 2.35. The van der Waals surface area contributed by atoms with Crippen molar-refractivity contribution in [1.29, 1.82) is 0 Å². The topological polar surface area (TPSA) is 38.0 Å². The molecule has 0 fully saturated rings. The molecule has 2 nitrogen and oxygen atoms in total. The molecule has 0 aliphatic heterocycles. The summed E-state index contributed by atoms with van der Waals surface area (Å²) >= 11 is 0. The third-order valence-corrected chi connectivity index (χ3v) is 8.81. The third kappa shape index (κ3) is 4.15. The predicted octanol–water partition coefficient (Wildman–Crippen LogP) is 9.20. The highest BCUT2D eigenvalue weighted by molar-refractivity contribution is 6.16. The second-order valence-corrected chi connectivity index (χ2v) is 11.5. The first-order chi connectivity index (χ1) is 20.1. The molecule has 0 radical (unpaired) electrons. The van der Waals surface area contributed by atoms with Crippen molar-refractivity contribution >= 4 is 21.5 Å². The molecule has 200 valence electrons. The van der Waals surface area contributed by atoms with Crippen LogP contribution in [0, 0.1) is 0 Å². The molecule has 41 heavy (non-hydrogen) atoms. The van der Waals surface area contributed by atoms with Gasteiger partial charge >= 0.3 is 0 Å². The molecule has 0 spiro atoms. The lowest BCUT2D eigenvalue weighted by Gasteiger charge is -2.22. The van der Waals surface area contributed by atoms with Crippen molar-refractivity contribution in [2.75, 3.05) is 6.54 Å². The van der Waals surface area contributed by atoms with Crippen molar-refractivity contribution in [3.63, 3.8) is 0 Å². The summed E-state index contributed by atoms with van der Waals surface area (Å²) in [6.07, 6.45) is 3.56. The van der Waals surface area contributed by atoms with Crippen LogP contribution in [-0.2, 0) is 12.0 Å². The maximum absolute atomic E-state index is 5.61. The fourth-order valence-corrected chi connectivity index (χ4v) is 6.80. The van der Waals surface area contributed by atoms with Gasteiger partial charge in [0.15, 0.2) is 0 Å². The van der Waals surface area contributed by atoms with Gasteiger partial charge in [-0.15, -0.1) is 0 Å². The maximum atomic E-state index is 5.61. The van der Waals surface area contributed by atoms with Gasteiger partial charge in [-0.3, -0.25) is 0 Å². The SMILES string of the molecule is CC1(C)c2ccccc2-c2cc(-c3c4ccccc4c(CNC/C=C\N)c4ccc(-c5ccccc5)cc34)ccc21. The molecule has 0 saturated carbocycles. The lowest BCUT2D eigenvalue weighted by atomic mass is 9.81. The Morgan fingerprint density at radius 1 is 0.610 bits per heavy atom. The highest BCUT2D eigenvalue weighted by Crippen LogP contribution is 2.50. The highest BCUT2D eigenvalue weighted by atomic mass is 14.8. The van der Waals surface area contributed by atoms with E-state index in [4.69, 9.17) is 5.73 Å². The minimum atomic E-state index is -0.0113. The van der Waals surface area contributed by atoms with Crippen LogP contribution >= 0.6 is 0 Å². The smallest absolute Gasteiger partial charge is 0.0220 e. The first kappa shape index (κ1) is 25.3. The second kappa shape index (κ2) is 10.1. The summed E-state index contributed by atoms with van der Waals surface area (Å²) in [5.41, 5.74) is 17.4. The molecule has 6 aromatic carbocycles. The van der Waals surface area contributed by atoms with E-state index in [1.807, 2.05) is 6.08 Å². The summed E-state index contributed by atoms with van der Waals surface area (Å²) in [6, 6.07) is 42.6. The molecule has 1 aliphatic rings. The van der Waals surface area contributed by atoms with Crippen molar-refractivity contribution in [2.45, 2.75) is 25.8 Å². The molecule has 6 aromatic rings. The lowest BCUT2D eigenvalue weighted by Crippen LogP contribution is -2.14. The molecular weight excluding hydrogens is 496 g/mol. The van der Waals surface area contributed by atoms with Crippen molar-refractivity contribution in [1.82, 2.24) is 5.32 Å². The Balaban J connectivity index is 1.52. The Morgan fingerprint density at radius 3 is 2.12 bits per heavy atom. The van der Waals surface area contributed by atoms with E-state index in [1.165, 1.54) is 71.6 Å².